The number of hydrogen-bond acceptors (Lipinski definition) is 1. The summed E-state index contributed by atoms with van der Waals surface area (Å²) in [5, 5.41) is 3.48. The Morgan fingerprint density at radius 2 is 1.33 bits per heavy atom. The first kappa shape index (κ1) is 17.3. The van der Waals surface area contributed by atoms with Crippen molar-refractivity contribution >= 4 is 0 Å². The van der Waals surface area contributed by atoms with Crippen molar-refractivity contribution in [3.63, 3.8) is 0 Å². The fourth-order valence-electron chi connectivity index (χ4n) is 4.81. The monoisotopic (exact) mass is 293 g/mol. The summed E-state index contributed by atoms with van der Waals surface area (Å²) in [6.45, 7) is 3.58. The van der Waals surface area contributed by atoms with Gasteiger partial charge in [0.05, 0.1) is 0 Å². The maximum absolute atomic E-state index is 3.48. The summed E-state index contributed by atoms with van der Waals surface area (Å²) in [5.41, 5.74) is 0.697. The molecule has 2 aliphatic carbocycles. The van der Waals surface area contributed by atoms with Crippen molar-refractivity contribution in [2.75, 3.05) is 13.6 Å². The van der Waals surface area contributed by atoms with Gasteiger partial charge in [-0.25, -0.2) is 0 Å². The minimum Gasteiger partial charge on any atom is -0.319 e. The molecule has 2 rings (SSSR count). The molecule has 2 saturated carbocycles. The molecule has 0 aromatic heterocycles. The summed E-state index contributed by atoms with van der Waals surface area (Å²) in [7, 11) is 2.14. The van der Waals surface area contributed by atoms with E-state index in [2.05, 4.69) is 19.3 Å². The summed E-state index contributed by atoms with van der Waals surface area (Å²) in [6.07, 6.45) is 20.8. The first-order valence-corrected chi connectivity index (χ1v) is 9.94. The van der Waals surface area contributed by atoms with Crippen LogP contribution in [0, 0.1) is 17.3 Å². The van der Waals surface area contributed by atoms with Crippen LogP contribution in [0.25, 0.3) is 0 Å². The van der Waals surface area contributed by atoms with Gasteiger partial charge in [-0.1, -0.05) is 71.1 Å². The zero-order valence-corrected chi connectivity index (χ0v) is 14.8. The van der Waals surface area contributed by atoms with Crippen LogP contribution in [0.15, 0.2) is 0 Å². The average Bonchev–Trinajstić information content (AvgIpc) is 3.09. The van der Waals surface area contributed by atoms with E-state index in [0.717, 1.165) is 11.8 Å². The second-order valence-corrected chi connectivity index (χ2v) is 8.13. The molecular weight excluding hydrogens is 254 g/mol. The summed E-state index contributed by atoms with van der Waals surface area (Å²) < 4.78 is 0. The number of nitrogens with one attached hydrogen (secondary N) is 1. The molecule has 0 amide bonds. The molecule has 1 heteroatoms. The van der Waals surface area contributed by atoms with E-state index in [-0.39, 0.29) is 0 Å². The Labute approximate surface area is 133 Å². The topological polar surface area (TPSA) is 12.0 Å². The Balaban J connectivity index is 1.44. The third-order valence-corrected chi connectivity index (χ3v) is 6.07. The van der Waals surface area contributed by atoms with Gasteiger partial charge in [0.15, 0.2) is 0 Å². The zero-order chi connectivity index (χ0) is 15.0. The average molecular weight is 294 g/mol. The van der Waals surface area contributed by atoms with E-state index in [4.69, 9.17) is 0 Å². The lowest BCUT2D eigenvalue weighted by Gasteiger charge is -2.31. The largest absolute Gasteiger partial charge is 0.319 e. The predicted molar refractivity (Wildman–Crippen MR) is 93.7 cm³/mol. The molecule has 1 nitrogen and oxygen atoms in total. The lowest BCUT2D eigenvalue weighted by atomic mass is 9.78. The Kier molecular flexibility index (Phi) is 7.57. The molecule has 1 N–H and O–H groups in total. The van der Waals surface area contributed by atoms with Gasteiger partial charge in [0.2, 0.25) is 0 Å². The maximum atomic E-state index is 3.48. The minimum atomic E-state index is 0.697. The highest BCUT2D eigenvalue weighted by Gasteiger charge is 2.52. The van der Waals surface area contributed by atoms with Gasteiger partial charge in [0, 0.05) is 6.54 Å². The molecule has 2 aliphatic rings. The van der Waals surface area contributed by atoms with Crippen molar-refractivity contribution in [3.05, 3.63) is 0 Å². The van der Waals surface area contributed by atoms with Crippen LogP contribution < -0.4 is 5.32 Å². The van der Waals surface area contributed by atoms with Gasteiger partial charge < -0.3 is 5.32 Å². The molecule has 21 heavy (non-hydrogen) atoms. The van der Waals surface area contributed by atoms with Gasteiger partial charge in [-0.3, -0.25) is 0 Å². The van der Waals surface area contributed by atoms with E-state index in [0.29, 0.717) is 5.41 Å². The van der Waals surface area contributed by atoms with Gasteiger partial charge in [-0.2, -0.15) is 0 Å². The normalized spacial score (nSPS) is 30.6. The summed E-state index contributed by atoms with van der Waals surface area (Å²) >= 11 is 0. The zero-order valence-electron chi connectivity index (χ0n) is 14.8. The van der Waals surface area contributed by atoms with Crippen LogP contribution in [0.5, 0.6) is 0 Å². The van der Waals surface area contributed by atoms with Gasteiger partial charge in [-0.05, 0) is 50.0 Å². The van der Waals surface area contributed by atoms with Crippen LogP contribution >= 0.6 is 0 Å². The lowest BCUT2D eigenvalue weighted by Crippen LogP contribution is -2.31. The fourth-order valence-corrected chi connectivity index (χ4v) is 4.81. The molecule has 0 aromatic carbocycles. The van der Waals surface area contributed by atoms with Gasteiger partial charge >= 0.3 is 0 Å². The van der Waals surface area contributed by atoms with Crippen LogP contribution in [0.1, 0.15) is 96.8 Å². The second-order valence-electron chi connectivity index (χ2n) is 8.13. The van der Waals surface area contributed by atoms with E-state index in [1.807, 2.05) is 0 Å². The molecule has 0 aromatic rings. The van der Waals surface area contributed by atoms with Crippen molar-refractivity contribution < 1.29 is 0 Å². The van der Waals surface area contributed by atoms with Crippen molar-refractivity contribution in [2.45, 2.75) is 96.8 Å². The first-order chi connectivity index (χ1) is 10.3. The van der Waals surface area contributed by atoms with Crippen molar-refractivity contribution in [1.82, 2.24) is 5.32 Å². The first-order valence-electron chi connectivity index (χ1n) is 9.94. The van der Waals surface area contributed by atoms with Crippen LogP contribution in [0.4, 0.5) is 0 Å². The van der Waals surface area contributed by atoms with Crippen LogP contribution in [-0.2, 0) is 0 Å². The Morgan fingerprint density at radius 3 is 1.86 bits per heavy atom. The third-order valence-electron chi connectivity index (χ3n) is 6.07. The number of unbranched alkanes of at least 4 members (excludes halogenated alkanes) is 9. The molecule has 0 heterocycles. The smallest absolute Gasteiger partial charge is 0.000501 e. The van der Waals surface area contributed by atoms with Crippen LogP contribution in [0.3, 0.4) is 0 Å². The van der Waals surface area contributed by atoms with Crippen LogP contribution in [0.2, 0.25) is 0 Å². The molecule has 0 radical (unpaired) electrons. The third kappa shape index (κ3) is 5.93. The maximum Gasteiger partial charge on any atom is 0.000501 e. The predicted octanol–water partition coefficient (Wildman–Crippen LogP) is 5.93. The van der Waals surface area contributed by atoms with Crippen molar-refractivity contribution in [2.24, 2.45) is 17.3 Å². The minimum absolute atomic E-state index is 0.697. The number of hydrogen-bond donors (Lipinski definition) is 1. The Morgan fingerprint density at radius 1 is 0.810 bits per heavy atom. The summed E-state index contributed by atoms with van der Waals surface area (Å²) in [4.78, 5) is 0. The molecule has 0 aliphatic heterocycles. The van der Waals surface area contributed by atoms with Gasteiger partial charge in [-0.15, -0.1) is 0 Å². The van der Waals surface area contributed by atoms with E-state index in [1.54, 1.807) is 6.42 Å². The molecule has 2 unspecified atom stereocenters. The highest BCUT2D eigenvalue weighted by atomic mass is 14.8. The van der Waals surface area contributed by atoms with E-state index < -0.39 is 0 Å². The molecule has 0 saturated heterocycles. The number of fused-ring (bicyclic) bond motifs is 1. The van der Waals surface area contributed by atoms with Gasteiger partial charge in [0.1, 0.15) is 0 Å². The fraction of sp³-hybridized carbons (Fsp3) is 1.00. The van der Waals surface area contributed by atoms with Gasteiger partial charge in [0.25, 0.3) is 0 Å². The Hall–Kier alpha value is -0.0400. The Bertz CT molecular complexity index is 263. The molecule has 0 bridgehead atoms. The molecule has 2 atom stereocenters. The molecule has 124 valence electrons. The highest BCUT2D eigenvalue weighted by Crippen LogP contribution is 2.61. The quantitative estimate of drug-likeness (QED) is 0.415. The molecule has 2 fully saturated rings. The van der Waals surface area contributed by atoms with E-state index >= 15 is 0 Å². The van der Waals surface area contributed by atoms with Crippen molar-refractivity contribution in [1.29, 1.82) is 0 Å². The molecule has 0 spiro atoms. The molecular formula is C20H39N. The number of rotatable bonds is 13. The van der Waals surface area contributed by atoms with E-state index in [1.165, 1.54) is 90.0 Å². The van der Waals surface area contributed by atoms with Crippen molar-refractivity contribution in [3.8, 4) is 0 Å². The second kappa shape index (κ2) is 9.18. The SMILES string of the molecule is CCCCCCCCCCCCC1(CNC)CC2CC2C1. The lowest BCUT2D eigenvalue weighted by molar-refractivity contribution is 0.227. The van der Waals surface area contributed by atoms with E-state index in [9.17, 15) is 0 Å². The summed E-state index contributed by atoms with van der Waals surface area (Å²) in [6, 6.07) is 0. The summed E-state index contributed by atoms with van der Waals surface area (Å²) in [5.74, 6) is 2.25. The standard InChI is InChI=1S/C20H39N/c1-3-4-5-6-7-8-9-10-11-12-13-20(17-21-2)15-18-14-19(18)16-20/h18-19,21H,3-17H2,1-2H3. The highest BCUT2D eigenvalue weighted by molar-refractivity contribution is 5.03. The van der Waals surface area contributed by atoms with Crippen LogP contribution in [-0.4, -0.2) is 13.6 Å².